The minimum absolute atomic E-state index is 0.289. The average molecular weight is 396 g/mol. The first kappa shape index (κ1) is 19.4. The minimum atomic E-state index is -3.73. The third-order valence-corrected chi connectivity index (χ3v) is 4.98. The molecule has 0 fully saturated rings. The highest BCUT2D eigenvalue weighted by molar-refractivity contribution is 7.92. The fourth-order valence-electron chi connectivity index (χ4n) is 2.60. The van der Waals surface area contributed by atoms with E-state index >= 15 is 0 Å². The van der Waals surface area contributed by atoms with E-state index in [1.54, 1.807) is 60.7 Å². The van der Waals surface area contributed by atoms with Crippen molar-refractivity contribution in [1.29, 1.82) is 0 Å². The highest BCUT2D eigenvalue weighted by Gasteiger charge is 2.24. The molecule has 144 valence electrons. The molecule has 6 nitrogen and oxygen atoms in total. The predicted molar refractivity (Wildman–Crippen MR) is 110 cm³/mol. The van der Waals surface area contributed by atoms with Crippen LogP contribution in [0.3, 0.4) is 0 Å². The van der Waals surface area contributed by atoms with Crippen molar-refractivity contribution in [2.45, 2.75) is 0 Å². The second-order valence-corrected chi connectivity index (χ2v) is 7.97. The number of sulfonamides is 1. The lowest BCUT2D eigenvalue weighted by atomic mass is 10.2. The molecule has 0 aromatic heterocycles. The molecule has 0 aliphatic heterocycles. The predicted octanol–water partition coefficient (Wildman–Crippen LogP) is 3.88. The third-order valence-electron chi connectivity index (χ3n) is 3.85. The van der Waals surface area contributed by atoms with Crippen LogP contribution in [0.5, 0.6) is 11.5 Å². The van der Waals surface area contributed by atoms with Gasteiger partial charge < -0.3 is 10.1 Å². The Labute approximate surface area is 164 Å². The number of benzene rings is 3. The van der Waals surface area contributed by atoms with Crippen LogP contribution in [-0.2, 0) is 14.8 Å². The van der Waals surface area contributed by atoms with E-state index in [0.717, 1.165) is 10.6 Å². The number of nitrogens with zero attached hydrogens (tertiary/aromatic N) is 1. The van der Waals surface area contributed by atoms with Crippen LogP contribution in [0.15, 0.2) is 84.9 Å². The summed E-state index contributed by atoms with van der Waals surface area (Å²) in [6, 6.07) is 24.6. The zero-order valence-corrected chi connectivity index (χ0v) is 16.1. The fraction of sp³-hybridized carbons (Fsp3) is 0.0952. The van der Waals surface area contributed by atoms with Crippen LogP contribution in [0.4, 0.5) is 11.4 Å². The monoisotopic (exact) mass is 396 g/mol. The summed E-state index contributed by atoms with van der Waals surface area (Å²) >= 11 is 0. The first-order chi connectivity index (χ1) is 13.4. The lowest BCUT2D eigenvalue weighted by Crippen LogP contribution is -2.37. The minimum Gasteiger partial charge on any atom is -0.455 e. The standard InChI is InChI=1S/C21H20N2O4S/c1-28(25,26)23(16-21(24)22-17-10-4-2-5-11-17)19-14-8-9-15-20(19)27-18-12-6-3-7-13-18/h2-15H,16H2,1H3,(H,22,24). The Balaban J connectivity index is 1.87. The maximum absolute atomic E-state index is 12.5. The van der Waals surface area contributed by atoms with Crippen molar-refractivity contribution in [2.75, 3.05) is 22.4 Å². The van der Waals surface area contributed by atoms with E-state index in [1.165, 1.54) is 0 Å². The van der Waals surface area contributed by atoms with Crippen LogP contribution in [0, 0.1) is 0 Å². The summed E-state index contributed by atoms with van der Waals surface area (Å²) in [6.45, 7) is -0.372. The number of rotatable bonds is 7. The smallest absolute Gasteiger partial charge is 0.245 e. The molecule has 28 heavy (non-hydrogen) atoms. The summed E-state index contributed by atoms with van der Waals surface area (Å²) in [4.78, 5) is 12.5. The largest absolute Gasteiger partial charge is 0.455 e. The van der Waals surface area contributed by atoms with Gasteiger partial charge in [-0.2, -0.15) is 0 Å². The molecule has 0 heterocycles. The van der Waals surface area contributed by atoms with Crippen molar-refractivity contribution in [3.8, 4) is 11.5 Å². The Hall–Kier alpha value is -3.32. The van der Waals surface area contributed by atoms with E-state index in [0.29, 0.717) is 17.2 Å². The molecular weight excluding hydrogens is 376 g/mol. The van der Waals surface area contributed by atoms with Gasteiger partial charge >= 0.3 is 0 Å². The Bertz CT molecular complexity index is 1040. The van der Waals surface area contributed by atoms with Crippen LogP contribution in [0.2, 0.25) is 0 Å². The maximum Gasteiger partial charge on any atom is 0.245 e. The van der Waals surface area contributed by atoms with E-state index < -0.39 is 15.9 Å². The zero-order valence-electron chi connectivity index (χ0n) is 15.3. The van der Waals surface area contributed by atoms with Crippen molar-refractivity contribution < 1.29 is 17.9 Å². The van der Waals surface area contributed by atoms with E-state index in [9.17, 15) is 13.2 Å². The molecule has 0 saturated carbocycles. The molecule has 0 unspecified atom stereocenters. The Morgan fingerprint density at radius 2 is 1.46 bits per heavy atom. The van der Waals surface area contributed by atoms with Crippen molar-refractivity contribution in [3.63, 3.8) is 0 Å². The van der Waals surface area contributed by atoms with Crippen molar-refractivity contribution in [3.05, 3.63) is 84.9 Å². The quantitative estimate of drug-likeness (QED) is 0.658. The molecule has 7 heteroatoms. The Kier molecular flexibility index (Phi) is 5.96. The van der Waals surface area contributed by atoms with E-state index in [-0.39, 0.29) is 12.2 Å². The molecule has 0 spiro atoms. The van der Waals surface area contributed by atoms with Gasteiger partial charge in [-0.05, 0) is 36.4 Å². The van der Waals surface area contributed by atoms with Crippen LogP contribution in [0.1, 0.15) is 0 Å². The van der Waals surface area contributed by atoms with Crippen molar-refractivity contribution in [2.24, 2.45) is 0 Å². The molecule has 0 radical (unpaired) electrons. The molecule has 0 aliphatic rings. The maximum atomic E-state index is 12.5. The van der Waals surface area contributed by atoms with Gasteiger partial charge in [-0.3, -0.25) is 9.10 Å². The second-order valence-electron chi connectivity index (χ2n) is 6.07. The first-order valence-corrected chi connectivity index (χ1v) is 10.4. The molecule has 0 saturated heterocycles. The fourth-order valence-corrected chi connectivity index (χ4v) is 3.46. The highest BCUT2D eigenvalue weighted by Crippen LogP contribution is 2.33. The van der Waals surface area contributed by atoms with Gasteiger partial charge in [0.1, 0.15) is 12.3 Å². The van der Waals surface area contributed by atoms with Gasteiger partial charge in [0.15, 0.2) is 5.75 Å². The van der Waals surface area contributed by atoms with E-state index in [2.05, 4.69) is 5.32 Å². The van der Waals surface area contributed by atoms with Gasteiger partial charge in [0, 0.05) is 5.69 Å². The topological polar surface area (TPSA) is 75.7 Å². The number of hydrogen-bond donors (Lipinski definition) is 1. The molecular formula is C21H20N2O4S. The summed E-state index contributed by atoms with van der Waals surface area (Å²) < 4.78 is 31.7. The van der Waals surface area contributed by atoms with Gasteiger partial charge in [-0.15, -0.1) is 0 Å². The molecule has 0 atom stereocenters. The summed E-state index contributed by atoms with van der Waals surface area (Å²) in [5.41, 5.74) is 0.881. The van der Waals surface area contributed by atoms with E-state index in [4.69, 9.17) is 4.74 Å². The van der Waals surface area contributed by atoms with Gasteiger partial charge in [0.05, 0.1) is 11.9 Å². The molecule has 1 amide bonds. The number of anilines is 2. The lowest BCUT2D eigenvalue weighted by Gasteiger charge is -2.24. The number of para-hydroxylation sites is 4. The van der Waals surface area contributed by atoms with Crippen LogP contribution in [-0.4, -0.2) is 27.1 Å². The summed E-state index contributed by atoms with van der Waals surface area (Å²) in [7, 11) is -3.73. The van der Waals surface area contributed by atoms with Crippen LogP contribution < -0.4 is 14.4 Å². The molecule has 0 aliphatic carbocycles. The number of carbonyl (C=O) groups is 1. The summed E-state index contributed by atoms with van der Waals surface area (Å²) in [6.07, 6.45) is 1.06. The number of amides is 1. The van der Waals surface area contributed by atoms with Gasteiger partial charge in [0.2, 0.25) is 15.9 Å². The van der Waals surface area contributed by atoms with Crippen molar-refractivity contribution >= 4 is 27.3 Å². The number of ether oxygens (including phenoxy) is 1. The molecule has 3 aromatic rings. The Morgan fingerprint density at radius 1 is 0.893 bits per heavy atom. The van der Waals surface area contributed by atoms with E-state index in [1.807, 2.05) is 24.3 Å². The normalized spacial score (nSPS) is 10.9. The number of hydrogen-bond acceptors (Lipinski definition) is 4. The second kappa shape index (κ2) is 8.58. The third kappa shape index (κ3) is 5.11. The molecule has 3 rings (SSSR count). The van der Waals surface area contributed by atoms with Crippen molar-refractivity contribution in [1.82, 2.24) is 0 Å². The Morgan fingerprint density at radius 3 is 2.11 bits per heavy atom. The highest BCUT2D eigenvalue weighted by atomic mass is 32.2. The molecule has 3 aromatic carbocycles. The van der Waals surface area contributed by atoms with Gasteiger partial charge in [0.25, 0.3) is 0 Å². The average Bonchev–Trinajstić information content (AvgIpc) is 2.68. The van der Waals surface area contributed by atoms with Crippen LogP contribution >= 0.6 is 0 Å². The zero-order chi connectivity index (χ0) is 20.0. The summed E-state index contributed by atoms with van der Waals surface area (Å²) in [5.74, 6) is 0.454. The number of carbonyl (C=O) groups excluding carboxylic acids is 1. The molecule has 0 bridgehead atoms. The molecule has 1 N–H and O–H groups in total. The number of nitrogens with one attached hydrogen (secondary N) is 1. The van der Waals surface area contributed by atoms with Gasteiger partial charge in [-0.1, -0.05) is 48.5 Å². The van der Waals surface area contributed by atoms with Crippen LogP contribution in [0.25, 0.3) is 0 Å². The lowest BCUT2D eigenvalue weighted by molar-refractivity contribution is -0.114. The van der Waals surface area contributed by atoms with Gasteiger partial charge in [-0.25, -0.2) is 8.42 Å². The first-order valence-electron chi connectivity index (χ1n) is 8.58. The summed E-state index contributed by atoms with van der Waals surface area (Å²) in [5, 5.41) is 2.70. The SMILES string of the molecule is CS(=O)(=O)N(CC(=O)Nc1ccccc1)c1ccccc1Oc1ccccc1.